The molecule has 1 saturated carbocycles. The summed E-state index contributed by atoms with van der Waals surface area (Å²) in [6.45, 7) is 8.52. The molecule has 0 radical (unpaired) electrons. The molecule has 0 aromatic heterocycles. The standard InChI is InChI=1S/C36H43N3O2S/c1-4-27(3)38(31-16-9-6-10-17-31)21-20-37-35(40)30-18-19-33-32(24-30)39(25-29-15-11-12-26(2)22-29)36(41)34(42-33)23-28-13-7-5-8-14-28/h5,7-8,11-15,18-19,22-24,27,31H,4,6,9-10,16-17,20-21,25H2,1-3H3,(H,37,40)/b34-23-/t27-/m0/s1. The zero-order chi connectivity index (χ0) is 29.5. The SMILES string of the molecule is CC[C@H](C)N(CCNC(=O)c1ccc2c(c1)N(Cc1cccc(C)c1)C(=O)/C(=C/c1ccccc1)S2)C1CCCCC1. The summed E-state index contributed by atoms with van der Waals surface area (Å²) in [7, 11) is 0. The second-order valence-electron chi connectivity index (χ2n) is 11.6. The van der Waals surface area contributed by atoms with E-state index in [9.17, 15) is 9.59 Å². The van der Waals surface area contributed by atoms with Crippen LogP contribution in [0.4, 0.5) is 5.69 Å². The average Bonchev–Trinajstić information content (AvgIpc) is 3.01. The Morgan fingerprint density at radius 3 is 2.57 bits per heavy atom. The van der Waals surface area contributed by atoms with Crippen LogP contribution in [0, 0.1) is 6.92 Å². The number of hydrogen-bond acceptors (Lipinski definition) is 4. The first-order valence-corrected chi connectivity index (χ1v) is 16.2. The van der Waals surface area contributed by atoms with Crippen LogP contribution in [0.25, 0.3) is 6.08 Å². The molecular weight excluding hydrogens is 538 g/mol. The summed E-state index contributed by atoms with van der Waals surface area (Å²) in [6.07, 6.45) is 9.52. The van der Waals surface area contributed by atoms with Crippen molar-refractivity contribution < 1.29 is 9.59 Å². The maximum absolute atomic E-state index is 13.9. The largest absolute Gasteiger partial charge is 0.351 e. The van der Waals surface area contributed by atoms with E-state index in [1.807, 2.05) is 71.6 Å². The molecule has 0 spiro atoms. The molecule has 1 fully saturated rings. The van der Waals surface area contributed by atoms with Gasteiger partial charge in [0.1, 0.15) is 0 Å². The van der Waals surface area contributed by atoms with E-state index in [-0.39, 0.29) is 11.8 Å². The Balaban J connectivity index is 1.36. The lowest BCUT2D eigenvalue weighted by molar-refractivity contribution is -0.114. The van der Waals surface area contributed by atoms with Gasteiger partial charge in [0.15, 0.2) is 0 Å². The third-order valence-electron chi connectivity index (χ3n) is 8.56. The Kier molecular flexibility index (Phi) is 10.2. The third kappa shape index (κ3) is 7.34. The molecule has 1 aliphatic carbocycles. The number of nitrogens with zero attached hydrogens (tertiary/aromatic N) is 2. The third-order valence-corrected chi connectivity index (χ3v) is 9.64. The Labute approximate surface area is 255 Å². The molecule has 220 valence electrons. The van der Waals surface area contributed by atoms with E-state index in [0.29, 0.717) is 35.6 Å². The van der Waals surface area contributed by atoms with Crippen LogP contribution in [0.1, 0.15) is 79.4 Å². The molecule has 1 N–H and O–H groups in total. The normalized spacial score (nSPS) is 17.4. The van der Waals surface area contributed by atoms with Gasteiger partial charge < -0.3 is 10.2 Å². The quantitative estimate of drug-likeness (QED) is 0.248. The number of amides is 2. The van der Waals surface area contributed by atoms with E-state index in [1.165, 1.54) is 43.9 Å². The lowest BCUT2D eigenvalue weighted by atomic mass is 9.93. The van der Waals surface area contributed by atoms with Gasteiger partial charge >= 0.3 is 0 Å². The molecule has 1 atom stereocenters. The fourth-order valence-corrected chi connectivity index (χ4v) is 7.15. The summed E-state index contributed by atoms with van der Waals surface area (Å²) >= 11 is 1.47. The van der Waals surface area contributed by atoms with Crippen molar-refractivity contribution in [3.05, 3.63) is 100.0 Å². The Bertz CT molecular complexity index is 1410. The van der Waals surface area contributed by atoms with E-state index in [0.717, 1.165) is 40.2 Å². The Morgan fingerprint density at radius 1 is 1.05 bits per heavy atom. The lowest BCUT2D eigenvalue weighted by Gasteiger charge is -2.38. The molecule has 1 aliphatic heterocycles. The highest BCUT2D eigenvalue weighted by atomic mass is 32.2. The first kappa shape index (κ1) is 30.1. The van der Waals surface area contributed by atoms with Gasteiger partial charge in [-0.2, -0.15) is 0 Å². The zero-order valence-corrected chi connectivity index (χ0v) is 26.0. The second-order valence-corrected chi connectivity index (χ2v) is 12.7. The maximum Gasteiger partial charge on any atom is 0.265 e. The van der Waals surface area contributed by atoms with Gasteiger partial charge in [-0.05, 0) is 68.5 Å². The van der Waals surface area contributed by atoms with Crippen LogP contribution >= 0.6 is 11.8 Å². The highest BCUT2D eigenvalue weighted by molar-refractivity contribution is 8.04. The minimum atomic E-state index is -0.0934. The summed E-state index contributed by atoms with van der Waals surface area (Å²) in [5, 5.41) is 3.18. The van der Waals surface area contributed by atoms with Crippen molar-refractivity contribution in [1.82, 2.24) is 10.2 Å². The number of anilines is 1. The summed E-state index contributed by atoms with van der Waals surface area (Å²) < 4.78 is 0. The van der Waals surface area contributed by atoms with Crippen LogP contribution < -0.4 is 10.2 Å². The average molecular weight is 582 g/mol. The van der Waals surface area contributed by atoms with Crippen molar-refractivity contribution in [3.63, 3.8) is 0 Å². The molecule has 2 amide bonds. The van der Waals surface area contributed by atoms with E-state index in [2.05, 4.69) is 43.1 Å². The maximum atomic E-state index is 13.9. The number of carbonyl (C=O) groups is 2. The van der Waals surface area contributed by atoms with Crippen LogP contribution in [0.2, 0.25) is 0 Å². The monoisotopic (exact) mass is 581 g/mol. The Hall–Kier alpha value is -3.35. The number of thioether (sulfide) groups is 1. The van der Waals surface area contributed by atoms with Gasteiger partial charge in [0.25, 0.3) is 11.8 Å². The summed E-state index contributed by atoms with van der Waals surface area (Å²) in [4.78, 5) is 33.3. The number of benzene rings is 3. The number of rotatable bonds is 10. The van der Waals surface area contributed by atoms with Crippen LogP contribution in [0.5, 0.6) is 0 Å². The van der Waals surface area contributed by atoms with Gasteiger partial charge in [0, 0.05) is 35.6 Å². The minimum Gasteiger partial charge on any atom is -0.351 e. The number of carbonyl (C=O) groups excluding carboxylic acids is 2. The molecule has 6 heteroatoms. The summed E-state index contributed by atoms with van der Waals surface area (Å²) in [5.41, 5.74) is 4.57. The van der Waals surface area contributed by atoms with Gasteiger partial charge in [-0.3, -0.25) is 14.5 Å². The van der Waals surface area contributed by atoms with Gasteiger partial charge in [-0.15, -0.1) is 0 Å². The molecule has 3 aromatic rings. The lowest BCUT2D eigenvalue weighted by Crippen LogP contribution is -2.46. The molecule has 5 rings (SSSR count). The van der Waals surface area contributed by atoms with Crippen LogP contribution in [-0.2, 0) is 11.3 Å². The van der Waals surface area contributed by atoms with Crippen molar-refractivity contribution >= 4 is 35.3 Å². The predicted molar refractivity (Wildman–Crippen MR) is 175 cm³/mol. The smallest absolute Gasteiger partial charge is 0.265 e. The van der Waals surface area contributed by atoms with Crippen molar-refractivity contribution in [3.8, 4) is 0 Å². The number of fused-ring (bicyclic) bond motifs is 1. The minimum absolute atomic E-state index is 0.0490. The predicted octanol–water partition coefficient (Wildman–Crippen LogP) is 7.84. The van der Waals surface area contributed by atoms with E-state index in [4.69, 9.17) is 0 Å². The van der Waals surface area contributed by atoms with Crippen LogP contribution in [0.3, 0.4) is 0 Å². The molecular formula is C36H43N3O2S. The summed E-state index contributed by atoms with van der Waals surface area (Å²) in [5.74, 6) is -0.142. The van der Waals surface area contributed by atoms with Crippen molar-refractivity contribution in [1.29, 1.82) is 0 Å². The highest BCUT2D eigenvalue weighted by Crippen LogP contribution is 2.43. The van der Waals surface area contributed by atoms with Crippen LogP contribution in [0.15, 0.2) is 82.6 Å². The number of hydrogen-bond donors (Lipinski definition) is 1. The van der Waals surface area contributed by atoms with Gasteiger partial charge in [-0.1, -0.05) is 98.1 Å². The molecule has 0 unspecified atom stereocenters. The van der Waals surface area contributed by atoms with Gasteiger partial charge in [0.2, 0.25) is 0 Å². The first-order valence-electron chi connectivity index (χ1n) is 15.4. The Morgan fingerprint density at radius 2 is 1.83 bits per heavy atom. The van der Waals surface area contributed by atoms with E-state index >= 15 is 0 Å². The van der Waals surface area contributed by atoms with Gasteiger partial charge in [-0.25, -0.2) is 0 Å². The van der Waals surface area contributed by atoms with Gasteiger partial charge in [0.05, 0.1) is 17.1 Å². The summed E-state index contributed by atoms with van der Waals surface area (Å²) in [6, 6.07) is 25.1. The van der Waals surface area contributed by atoms with Crippen LogP contribution in [-0.4, -0.2) is 41.9 Å². The molecule has 3 aromatic carbocycles. The molecule has 1 heterocycles. The topological polar surface area (TPSA) is 52.7 Å². The fourth-order valence-electron chi connectivity index (χ4n) is 6.11. The molecule has 0 bridgehead atoms. The van der Waals surface area contributed by atoms with Crippen molar-refractivity contribution in [2.45, 2.75) is 82.8 Å². The fraction of sp³-hybridized carbons (Fsp3) is 0.389. The molecule has 0 saturated heterocycles. The first-order chi connectivity index (χ1) is 20.4. The molecule has 2 aliphatic rings. The van der Waals surface area contributed by atoms with Crippen molar-refractivity contribution in [2.24, 2.45) is 0 Å². The van der Waals surface area contributed by atoms with E-state index in [1.54, 1.807) is 0 Å². The van der Waals surface area contributed by atoms with E-state index < -0.39 is 0 Å². The zero-order valence-electron chi connectivity index (χ0n) is 25.1. The molecule has 42 heavy (non-hydrogen) atoms. The molecule has 5 nitrogen and oxygen atoms in total. The number of aryl methyl sites for hydroxylation is 1. The second kappa shape index (κ2) is 14.2. The highest BCUT2D eigenvalue weighted by Gasteiger charge is 2.30. The van der Waals surface area contributed by atoms with Crippen molar-refractivity contribution in [2.75, 3.05) is 18.0 Å². The number of nitrogens with one attached hydrogen (secondary N) is 1.